The number of halogens is 2. The number of Topliss-reactive ketones (excluding diaryl/α,β-unsaturated/α-hetero) is 1. The van der Waals surface area contributed by atoms with Gasteiger partial charge in [-0.3, -0.25) is 9.59 Å². The minimum absolute atomic E-state index is 0.212. The van der Waals surface area contributed by atoms with E-state index in [1.807, 2.05) is 0 Å². The molecule has 25 heavy (non-hydrogen) atoms. The number of carbonyl (C=O) groups is 2. The second kappa shape index (κ2) is 7.09. The number of carbonyl (C=O) groups excluding carboxylic acids is 2. The maximum absolute atomic E-state index is 13.0. The normalized spacial score (nSPS) is 10.5. The molecule has 2 aromatic carbocycles. The molecule has 0 saturated heterocycles. The first-order valence-corrected chi connectivity index (χ1v) is 7.54. The molecule has 0 spiro atoms. The van der Waals surface area contributed by atoms with Crippen LogP contribution in [0.2, 0.25) is 0 Å². The summed E-state index contributed by atoms with van der Waals surface area (Å²) in [5.41, 5.74) is 1.34. The number of rotatable bonds is 5. The van der Waals surface area contributed by atoms with Gasteiger partial charge in [0, 0.05) is 18.4 Å². The molecule has 0 saturated carbocycles. The quantitative estimate of drug-likeness (QED) is 0.569. The first kappa shape index (κ1) is 16.6. The Morgan fingerprint density at radius 3 is 2.12 bits per heavy atom. The Kier molecular flexibility index (Phi) is 4.70. The maximum atomic E-state index is 13.0. The van der Waals surface area contributed by atoms with E-state index in [-0.39, 0.29) is 11.5 Å². The molecule has 1 heterocycles. The molecule has 0 atom stereocenters. The molecule has 4 nitrogen and oxygen atoms in total. The van der Waals surface area contributed by atoms with E-state index >= 15 is 0 Å². The van der Waals surface area contributed by atoms with Crippen molar-refractivity contribution in [2.75, 3.05) is 5.32 Å². The molecule has 6 heteroatoms. The van der Waals surface area contributed by atoms with Gasteiger partial charge in [-0.25, -0.2) is 8.78 Å². The second-order valence-corrected chi connectivity index (χ2v) is 5.44. The minimum atomic E-state index is -0.814. The van der Waals surface area contributed by atoms with Crippen LogP contribution in [0.25, 0.3) is 0 Å². The fourth-order valence-electron chi connectivity index (χ4n) is 2.38. The fraction of sp³-hybridized carbons (Fsp3) is 0.0526. The van der Waals surface area contributed by atoms with Crippen LogP contribution in [-0.2, 0) is 11.3 Å². The van der Waals surface area contributed by atoms with Crippen molar-refractivity contribution in [1.29, 1.82) is 0 Å². The number of nitrogens with zero attached hydrogens (tertiary/aromatic N) is 1. The summed E-state index contributed by atoms with van der Waals surface area (Å²) in [6.07, 6.45) is 1.67. The molecule has 126 valence electrons. The molecule has 0 unspecified atom stereocenters. The van der Waals surface area contributed by atoms with Gasteiger partial charge in [0.15, 0.2) is 0 Å². The van der Waals surface area contributed by atoms with Gasteiger partial charge in [0.1, 0.15) is 11.6 Å². The number of hydrogen-bond acceptors (Lipinski definition) is 2. The van der Waals surface area contributed by atoms with Crippen LogP contribution in [-0.4, -0.2) is 16.3 Å². The van der Waals surface area contributed by atoms with Gasteiger partial charge in [-0.15, -0.1) is 0 Å². The van der Waals surface area contributed by atoms with Crippen molar-refractivity contribution in [2.45, 2.75) is 6.54 Å². The van der Waals surface area contributed by atoms with E-state index in [4.69, 9.17) is 0 Å². The van der Waals surface area contributed by atoms with Crippen LogP contribution in [0.1, 0.15) is 16.1 Å². The van der Waals surface area contributed by atoms with Gasteiger partial charge in [0.2, 0.25) is 0 Å². The predicted octanol–water partition coefficient (Wildman–Crippen LogP) is 3.64. The van der Waals surface area contributed by atoms with E-state index in [2.05, 4.69) is 5.32 Å². The zero-order valence-corrected chi connectivity index (χ0v) is 13.1. The first-order valence-electron chi connectivity index (χ1n) is 7.54. The lowest BCUT2D eigenvalue weighted by Crippen LogP contribution is -2.25. The highest BCUT2D eigenvalue weighted by Gasteiger charge is 2.20. The highest BCUT2D eigenvalue weighted by atomic mass is 19.1. The van der Waals surface area contributed by atoms with E-state index in [0.29, 0.717) is 12.2 Å². The van der Waals surface area contributed by atoms with Gasteiger partial charge in [-0.1, -0.05) is 12.1 Å². The van der Waals surface area contributed by atoms with E-state index in [1.54, 1.807) is 29.0 Å². The lowest BCUT2D eigenvalue weighted by atomic mass is 10.2. The number of aromatic nitrogens is 1. The van der Waals surface area contributed by atoms with Gasteiger partial charge < -0.3 is 9.88 Å². The van der Waals surface area contributed by atoms with Crippen LogP contribution >= 0.6 is 0 Å². The number of nitrogens with one attached hydrogen (secondary N) is 1. The third-order valence-corrected chi connectivity index (χ3v) is 3.64. The largest absolute Gasteiger partial charge is 0.340 e. The van der Waals surface area contributed by atoms with E-state index < -0.39 is 17.5 Å². The topological polar surface area (TPSA) is 51.1 Å². The number of ketones is 1. The van der Waals surface area contributed by atoms with E-state index in [9.17, 15) is 18.4 Å². The van der Waals surface area contributed by atoms with Crippen LogP contribution in [0.4, 0.5) is 14.5 Å². The van der Waals surface area contributed by atoms with E-state index in [1.165, 1.54) is 42.5 Å². The number of benzene rings is 2. The number of amides is 1. The van der Waals surface area contributed by atoms with Gasteiger partial charge in [0.05, 0.1) is 5.69 Å². The Bertz CT molecular complexity index is 900. The van der Waals surface area contributed by atoms with E-state index in [0.717, 1.165) is 5.56 Å². The number of hydrogen-bond donors (Lipinski definition) is 1. The molecule has 1 amide bonds. The van der Waals surface area contributed by atoms with Crippen LogP contribution in [0.3, 0.4) is 0 Å². The summed E-state index contributed by atoms with van der Waals surface area (Å²) in [5, 5.41) is 2.44. The maximum Gasteiger partial charge on any atom is 0.298 e. The van der Waals surface area contributed by atoms with Crippen LogP contribution < -0.4 is 5.32 Å². The highest BCUT2D eigenvalue weighted by Crippen LogP contribution is 2.12. The Balaban J connectivity index is 1.74. The third-order valence-electron chi connectivity index (χ3n) is 3.64. The number of anilines is 1. The molecule has 0 radical (unpaired) electrons. The lowest BCUT2D eigenvalue weighted by molar-refractivity contribution is -0.112. The van der Waals surface area contributed by atoms with Crippen molar-refractivity contribution in [2.24, 2.45) is 0 Å². The Labute approximate surface area is 142 Å². The monoisotopic (exact) mass is 340 g/mol. The summed E-state index contributed by atoms with van der Waals surface area (Å²) < 4.78 is 27.5. The molecular formula is C19H14F2N2O2. The van der Waals surface area contributed by atoms with Crippen LogP contribution in [0, 0.1) is 11.6 Å². The molecular weight excluding hydrogens is 326 g/mol. The van der Waals surface area contributed by atoms with Crippen molar-refractivity contribution in [3.05, 3.63) is 89.8 Å². The summed E-state index contributed by atoms with van der Waals surface area (Å²) in [6.45, 7) is 0.332. The van der Waals surface area contributed by atoms with Gasteiger partial charge in [-0.05, 0) is 54.1 Å². The van der Waals surface area contributed by atoms with Crippen molar-refractivity contribution in [1.82, 2.24) is 4.57 Å². The summed E-state index contributed by atoms with van der Waals surface area (Å²) >= 11 is 0. The van der Waals surface area contributed by atoms with Gasteiger partial charge in [0.25, 0.3) is 11.7 Å². The summed E-state index contributed by atoms with van der Waals surface area (Å²) in [5.74, 6) is -2.30. The third kappa shape index (κ3) is 3.98. The minimum Gasteiger partial charge on any atom is -0.340 e. The molecule has 0 aliphatic carbocycles. The summed E-state index contributed by atoms with van der Waals surface area (Å²) in [7, 11) is 0. The Hall–Kier alpha value is -3.28. The average Bonchev–Trinajstić information content (AvgIpc) is 3.06. The molecule has 0 fully saturated rings. The Morgan fingerprint density at radius 1 is 0.880 bits per heavy atom. The zero-order valence-electron chi connectivity index (χ0n) is 13.1. The second-order valence-electron chi connectivity index (χ2n) is 5.44. The molecule has 1 N–H and O–H groups in total. The summed E-state index contributed by atoms with van der Waals surface area (Å²) in [4.78, 5) is 24.5. The molecule has 0 aliphatic heterocycles. The summed E-state index contributed by atoms with van der Waals surface area (Å²) in [6, 6.07) is 14.2. The van der Waals surface area contributed by atoms with Gasteiger partial charge >= 0.3 is 0 Å². The molecule has 0 bridgehead atoms. The molecule has 1 aromatic heterocycles. The highest BCUT2D eigenvalue weighted by molar-refractivity contribution is 6.46. The lowest BCUT2D eigenvalue weighted by Gasteiger charge is -2.09. The smallest absolute Gasteiger partial charge is 0.298 e. The SMILES string of the molecule is O=C(Nc1ccc(F)cc1)C(=O)c1cccn1Cc1ccc(F)cc1. The van der Waals surface area contributed by atoms with Crippen molar-refractivity contribution in [3.8, 4) is 0 Å². The van der Waals surface area contributed by atoms with Crippen molar-refractivity contribution in [3.63, 3.8) is 0 Å². The predicted molar refractivity (Wildman–Crippen MR) is 89.3 cm³/mol. The Morgan fingerprint density at radius 2 is 1.48 bits per heavy atom. The zero-order chi connectivity index (χ0) is 17.8. The van der Waals surface area contributed by atoms with Gasteiger partial charge in [-0.2, -0.15) is 0 Å². The molecule has 3 rings (SSSR count). The van der Waals surface area contributed by atoms with Crippen molar-refractivity contribution >= 4 is 17.4 Å². The fourth-order valence-corrected chi connectivity index (χ4v) is 2.38. The van der Waals surface area contributed by atoms with Crippen molar-refractivity contribution < 1.29 is 18.4 Å². The molecule has 0 aliphatic rings. The molecule has 3 aromatic rings. The first-order chi connectivity index (χ1) is 12.0. The average molecular weight is 340 g/mol. The van der Waals surface area contributed by atoms with Crippen LogP contribution in [0.5, 0.6) is 0 Å². The van der Waals surface area contributed by atoms with Crippen LogP contribution in [0.15, 0.2) is 66.9 Å². The standard InChI is InChI=1S/C19H14F2N2O2/c20-14-5-3-13(4-6-14)12-23-11-1-2-17(23)18(24)19(25)22-16-9-7-15(21)8-10-16/h1-11H,12H2,(H,22,25).